The van der Waals surface area contributed by atoms with Crippen molar-refractivity contribution in [3.63, 3.8) is 0 Å². The van der Waals surface area contributed by atoms with Crippen molar-refractivity contribution in [2.24, 2.45) is 11.7 Å². The van der Waals surface area contributed by atoms with E-state index < -0.39 is 0 Å². The average Bonchev–Trinajstić information content (AvgIpc) is 2.33. The number of likely N-dealkylation sites (tertiary alicyclic amines) is 1. The maximum atomic E-state index is 5.88. The minimum atomic E-state index is 0.479. The van der Waals surface area contributed by atoms with Crippen LogP contribution in [0.3, 0.4) is 0 Å². The highest BCUT2D eigenvalue weighted by Crippen LogP contribution is 2.32. The molecule has 2 fully saturated rings. The molecule has 2 nitrogen and oxygen atoms in total. The molecule has 0 unspecified atom stereocenters. The Bertz CT molecular complexity index is 462. The van der Waals surface area contributed by atoms with Crippen molar-refractivity contribution in [1.82, 2.24) is 4.90 Å². The maximum absolute atomic E-state index is 5.88. The lowest BCUT2D eigenvalue weighted by atomic mass is 9.81. The first-order valence-corrected chi connectivity index (χ1v) is 8.23. The summed E-state index contributed by atoms with van der Waals surface area (Å²) in [5.41, 5.74) is 10.4. The van der Waals surface area contributed by atoms with E-state index in [-0.39, 0.29) is 0 Å². The van der Waals surface area contributed by atoms with Gasteiger partial charge in [0.25, 0.3) is 0 Å². The van der Waals surface area contributed by atoms with Crippen LogP contribution in [0.5, 0.6) is 0 Å². The average molecular weight is 270 g/mol. The zero-order valence-electron chi connectivity index (χ0n) is 12.9. The number of rotatable bonds is 5. The summed E-state index contributed by atoms with van der Waals surface area (Å²) in [6, 6.07) is 8.36. The second-order valence-electron chi connectivity index (χ2n) is 6.92. The van der Waals surface area contributed by atoms with E-state index in [1.165, 1.54) is 56.2 Å². The van der Waals surface area contributed by atoms with Gasteiger partial charge in [0.1, 0.15) is 7.85 Å². The summed E-state index contributed by atoms with van der Waals surface area (Å²) >= 11 is 0. The fourth-order valence-corrected chi connectivity index (χ4v) is 3.71. The number of hydrogen-bond acceptors (Lipinski definition) is 2. The molecule has 0 spiro atoms. The van der Waals surface area contributed by atoms with Gasteiger partial charge in [-0.25, -0.2) is 0 Å². The molecule has 1 saturated carbocycles. The normalized spacial score (nSPS) is 27.1. The van der Waals surface area contributed by atoms with Crippen molar-refractivity contribution >= 4 is 7.85 Å². The molecule has 1 aliphatic carbocycles. The molecule has 0 bridgehead atoms. The summed E-state index contributed by atoms with van der Waals surface area (Å²) in [5.74, 6) is 0.863. The Labute approximate surface area is 124 Å². The van der Waals surface area contributed by atoms with Crippen molar-refractivity contribution in [2.45, 2.75) is 51.0 Å². The lowest BCUT2D eigenvalue weighted by Gasteiger charge is -2.50. The Morgan fingerprint density at radius 3 is 2.65 bits per heavy atom. The van der Waals surface area contributed by atoms with E-state index in [0.717, 1.165) is 12.0 Å². The van der Waals surface area contributed by atoms with Gasteiger partial charge >= 0.3 is 0 Å². The first kappa shape index (κ1) is 14.2. The molecule has 1 saturated heterocycles. The molecule has 1 aromatic carbocycles. The first-order chi connectivity index (χ1) is 9.65. The minimum Gasteiger partial charge on any atom is -0.328 e. The Morgan fingerprint density at radius 1 is 1.30 bits per heavy atom. The van der Waals surface area contributed by atoms with Gasteiger partial charge in [-0.1, -0.05) is 24.5 Å². The lowest BCUT2D eigenvalue weighted by Crippen LogP contribution is -2.59. The number of nitrogens with zero attached hydrogens (tertiary/aromatic N) is 1. The molecule has 0 atom stereocenters. The molecule has 1 aromatic rings. The number of aryl methyl sites for hydroxylation is 2. The topological polar surface area (TPSA) is 29.3 Å². The van der Waals surface area contributed by atoms with Crippen molar-refractivity contribution in [3.05, 3.63) is 34.9 Å². The molecule has 3 rings (SSSR count). The molecule has 2 N–H and O–H groups in total. The Morgan fingerprint density at radius 2 is 2.05 bits per heavy atom. The van der Waals surface area contributed by atoms with Gasteiger partial charge in [-0.15, -0.1) is 0 Å². The molecular weight excluding hydrogens is 243 g/mol. The van der Waals surface area contributed by atoms with Crippen molar-refractivity contribution in [2.75, 3.05) is 13.1 Å². The van der Waals surface area contributed by atoms with Gasteiger partial charge in [-0.3, -0.25) is 4.90 Å². The third-order valence-electron chi connectivity index (χ3n) is 5.11. The fourth-order valence-electron chi connectivity index (χ4n) is 3.71. The Balaban J connectivity index is 1.49. The third-order valence-corrected chi connectivity index (χ3v) is 5.11. The monoisotopic (exact) mass is 270 g/mol. The van der Waals surface area contributed by atoms with Crippen LogP contribution < -0.4 is 5.73 Å². The summed E-state index contributed by atoms with van der Waals surface area (Å²) < 4.78 is 0. The maximum Gasteiger partial charge on any atom is 0.101 e. The first-order valence-electron chi connectivity index (χ1n) is 8.23. The Kier molecular flexibility index (Phi) is 4.18. The standard InChI is InChI=1S/C17H27BN2/c1-12-6-13(4-5-18)2-3-15(12)7-14-10-20(11-14)17-8-16(19)9-17/h2-3,6,14,16-17H,4-5,7-11,18-19H2,1H3. The zero-order chi connectivity index (χ0) is 14.1. The van der Waals surface area contributed by atoms with Crippen LogP contribution in [0.1, 0.15) is 29.5 Å². The summed E-state index contributed by atoms with van der Waals surface area (Å²) in [7, 11) is 2.25. The molecule has 3 heteroatoms. The van der Waals surface area contributed by atoms with Gasteiger partial charge < -0.3 is 5.73 Å². The van der Waals surface area contributed by atoms with Gasteiger partial charge in [-0.05, 0) is 55.2 Å². The molecule has 0 amide bonds. The molecule has 1 heterocycles. The van der Waals surface area contributed by atoms with Crippen LogP contribution in [0.2, 0.25) is 6.32 Å². The SMILES string of the molecule is BCCc1ccc(CC2CN(C3CC(N)C3)C2)c(C)c1. The second kappa shape index (κ2) is 5.91. The quantitative estimate of drug-likeness (QED) is 0.823. The molecule has 20 heavy (non-hydrogen) atoms. The molecule has 0 radical (unpaired) electrons. The van der Waals surface area contributed by atoms with Crippen LogP contribution in [-0.4, -0.2) is 37.9 Å². The van der Waals surface area contributed by atoms with Crippen LogP contribution in [0, 0.1) is 12.8 Å². The van der Waals surface area contributed by atoms with E-state index in [1.807, 2.05) is 0 Å². The molecular formula is C17H27BN2. The van der Waals surface area contributed by atoms with Crippen LogP contribution >= 0.6 is 0 Å². The van der Waals surface area contributed by atoms with Gasteiger partial charge in [0.15, 0.2) is 0 Å². The minimum absolute atomic E-state index is 0.479. The van der Waals surface area contributed by atoms with Crippen LogP contribution in [-0.2, 0) is 12.8 Å². The number of benzene rings is 1. The van der Waals surface area contributed by atoms with Gasteiger partial charge in [0.05, 0.1) is 0 Å². The van der Waals surface area contributed by atoms with Crippen molar-refractivity contribution in [1.29, 1.82) is 0 Å². The molecule has 108 valence electrons. The van der Waals surface area contributed by atoms with E-state index in [1.54, 1.807) is 5.56 Å². The van der Waals surface area contributed by atoms with E-state index in [2.05, 4.69) is 37.9 Å². The molecule has 0 aromatic heterocycles. The largest absolute Gasteiger partial charge is 0.328 e. The lowest BCUT2D eigenvalue weighted by molar-refractivity contribution is 0.00898. The van der Waals surface area contributed by atoms with Crippen LogP contribution in [0.15, 0.2) is 18.2 Å². The highest BCUT2D eigenvalue weighted by Gasteiger charge is 2.38. The predicted octanol–water partition coefficient (Wildman–Crippen LogP) is 1.55. The van der Waals surface area contributed by atoms with Crippen molar-refractivity contribution < 1.29 is 0 Å². The zero-order valence-corrected chi connectivity index (χ0v) is 12.9. The molecule has 1 aliphatic heterocycles. The molecule has 2 aliphatic rings. The van der Waals surface area contributed by atoms with Crippen LogP contribution in [0.25, 0.3) is 0 Å². The van der Waals surface area contributed by atoms with E-state index >= 15 is 0 Å². The summed E-state index contributed by atoms with van der Waals surface area (Å²) in [5, 5.41) is 0. The smallest absolute Gasteiger partial charge is 0.101 e. The van der Waals surface area contributed by atoms with Gasteiger partial charge in [-0.2, -0.15) is 0 Å². The number of hydrogen-bond donors (Lipinski definition) is 1. The second-order valence-corrected chi connectivity index (χ2v) is 6.92. The fraction of sp³-hybridized carbons (Fsp3) is 0.647. The van der Waals surface area contributed by atoms with Gasteiger partial charge in [0, 0.05) is 25.2 Å². The highest BCUT2D eigenvalue weighted by atomic mass is 15.2. The third kappa shape index (κ3) is 2.94. The summed E-state index contributed by atoms with van der Waals surface area (Å²) in [6.07, 6.45) is 6.14. The van der Waals surface area contributed by atoms with E-state index in [4.69, 9.17) is 5.73 Å². The van der Waals surface area contributed by atoms with E-state index in [0.29, 0.717) is 6.04 Å². The predicted molar refractivity (Wildman–Crippen MR) is 88.0 cm³/mol. The summed E-state index contributed by atoms with van der Waals surface area (Å²) in [6.45, 7) is 4.84. The number of nitrogens with two attached hydrogens (primary N) is 1. The highest BCUT2D eigenvalue weighted by molar-refractivity contribution is 6.08. The Hall–Kier alpha value is -0.795. The van der Waals surface area contributed by atoms with Crippen LogP contribution in [0.4, 0.5) is 0 Å². The summed E-state index contributed by atoms with van der Waals surface area (Å²) in [4.78, 5) is 2.63. The van der Waals surface area contributed by atoms with E-state index in [9.17, 15) is 0 Å². The van der Waals surface area contributed by atoms with Gasteiger partial charge in [0.2, 0.25) is 0 Å². The van der Waals surface area contributed by atoms with Crippen molar-refractivity contribution in [3.8, 4) is 0 Å².